The Morgan fingerprint density at radius 1 is 0.968 bits per heavy atom. The molecule has 0 bridgehead atoms. The van der Waals surface area contributed by atoms with Crippen LogP contribution in [0.15, 0.2) is 82.1 Å². The van der Waals surface area contributed by atoms with E-state index >= 15 is 0 Å². The minimum absolute atomic E-state index is 0.126. The number of carbonyl (C=O) groups excluding carboxylic acids is 1. The Hall–Kier alpha value is -2.81. The summed E-state index contributed by atoms with van der Waals surface area (Å²) < 4.78 is 33.9. The second-order valence-corrected chi connectivity index (χ2v) is 9.77. The van der Waals surface area contributed by atoms with Gasteiger partial charge in [-0.05, 0) is 48.8 Å². The van der Waals surface area contributed by atoms with Crippen molar-refractivity contribution in [3.05, 3.63) is 72.8 Å². The van der Waals surface area contributed by atoms with E-state index in [1.807, 2.05) is 36.6 Å². The summed E-state index contributed by atoms with van der Waals surface area (Å²) in [5.41, 5.74) is 1.98. The third kappa shape index (κ3) is 4.76. The zero-order valence-corrected chi connectivity index (χ0v) is 18.5. The molecule has 8 heteroatoms. The molecule has 1 heterocycles. The summed E-state index contributed by atoms with van der Waals surface area (Å²) in [5, 5.41) is 4.79. The van der Waals surface area contributed by atoms with E-state index in [1.165, 1.54) is 12.1 Å². The number of furan rings is 1. The Morgan fingerprint density at radius 2 is 1.68 bits per heavy atom. The van der Waals surface area contributed by atoms with Gasteiger partial charge in [0.05, 0.1) is 4.90 Å². The quantitative estimate of drug-likeness (QED) is 0.405. The third-order valence-electron chi connectivity index (χ3n) is 4.92. The predicted octanol–water partition coefficient (Wildman–Crippen LogP) is 4.62. The molecule has 0 aliphatic rings. The van der Waals surface area contributed by atoms with Gasteiger partial charge in [-0.2, -0.15) is 16.5 Å². The summed E-state index contributed by atoms with van der Waals surface area (Å²) in [4.78, 5) is 13.1. The van der Waals surface area contributed by atoms with Crippen LogP contribution < -0.4 is 10.0 Å². The summed E-state index contributed by atoms with van der Waals surface area (Å²) >= 11 is 1.55. The maximum Gasteiger partial charge on any atom is 0.242 e. The first-order valence-electron chi connectivity index (χ1n) is 9.76. The Labute approximate surface area is 185 Å². The van der Waals surface area contributed by atoms with Crippen LogP contribution in [0.3, 0.4) is 0 Å². The van der Waals surface area contributed by atoms with Crippen LogP contribution in [0.2, 0.25) is 0 Å². The molecule has 0 saturated heterocycles. The fourth-order valence-electron chi connectivity index (χ4n) is 3.37. The molecule has 1 amide bonds. The summed E-state index contributed by atoms with van der Waals surface area (Å²) in [6.45, 7) is 0. The minimum Gasteiger partial charge on any atom is -0.456 e. The van der Waals surface area contributed by atoms with Crippen molar-refractivity contribution in [2.24, 2.45) is 0 Å². The highest BCUT2D eigenvalue weighted by atomic mass is 32.2. The molecule has 0 aliphatic carbocycles. The number of sulfonamides is 1. The molecule has 2 N–H and O–H groups in total. The molecule has 1 atom stereocenters. The number of fused-ring (bicyclic) bond motifs is 3. The lowest BCUT2D eigenvalue weighted by molar-refractivity contribution is -0.117. The molecular formula is C23H22N2O4S2. The number of hydrogen-bond donors (Lipinski definition) is 2. The topological polar surface area (TPSA) is 88.4 Å². The molecule has 0 fully saturated rings. The van der Waals surface area contributed by atoms with Gasteiger partial charge in [-0.15, -0.1) is 0 Å². The van der Waals surface area contributed by atoms with Crippen molar-refractivity contribution in [1.82, 2.24) is 4.72 Å². The van der Waals surface area contributed by atoms with Crippen LogP contribution in [0.5, 0.6) is 0 Å². The van der Waals surface area contributed by atoms with Crippen molar-refractivity contribution in [3.8, 4) is 0 Å². The van der Waals surface area contributed by atoms with Crippen molar-refractivity contribution in [3.63, 3.8) is 0 Å². The van der Waals surface area contributed by atoms with Crippen LogP contribution in [0.4, 0.5) is 5.69 Å². The number of para-hydroxylation sites is 1. The lowest BCUT2D eigenvalue weighted by atomic mass is 10.1. The normalized spacial score (nSPS) is 12.8. The van der Waals surface area contributed by atoms with Crippen molar-refractivity contribution >= 4 is 55.3 Å². The van der Waals surface area contributed by atoms with Crippen molar-refractivity contribution in [2.45, 2.75) is 17.4 Å². The number of carbonyl (C=O) groups is 1. The monoisotopic (exact) mass is 454 g/mol. The summed E-state index contributed by atoms with van der Waals surface area (Å²) in [5.74, 6) is 0.224. The second kappa shape index (κ2) is 9.13. The first-order chi connectivity index (χ1) is 15.0. The molecule has 6 nitrogen and oxygen atoms in total. The molecular weight excluding hydrogens is 432 g/mol. The standard InChI is InChI=1S/C23H22N2O4S2/c1-30-14-13-20(25-31(27,28)17-7-3-2-4-8-17)23(26)24-16-11-12-19-18-9-5-6-10-21(18)29-22(19)15-16/h2-12,15,20,25H,13-14H2,1H3,(H,24,26). The maximum absolute atomic E-state index is 13.0. The van der Waals surface area contributed by atoms with Crippen LogP contribution >= 0.6 is 11.8 Å². The zero-order chi connectivity index (χ0) is 21.8. The molecule has 3 aromatic carbocycles. The Bertz CT molecular complexity index is 1320. The number of amides is 1. The van der Waals surface area contributed by atoms with Crippen LogP contribution in [0.25, 0.3) is 21.9 Å². The first-order valence-corrected chi connectivity index (χ1v) is 12.6. The lowest BCUT2D eigenvalue weighted by Crippen LogP contribution is -2.44. The van der Waals surface area contributed by atoms with Crippen molar-refractivity contribution in [2.75, 3.05) is 17.3 Å². The summed E-state index contributed by atoms with van der Waals surface area (Å²) in [7, 11) is -3.82. The molecule has 0 aliphatic heterocycles. The van der Waals surface area contributed by atoms with Crippen LogP contribution in [-0.4, -0.2) is 32.4 Å². The van der Waals surface area contributed by atoms with Crippen LogP contribution in [0.1, 0.15) is 6.42 Å². The van der Waals surface area contributed by atoms with E-state index in [0.717, 1.165) is 16.4 Å². The van der Waals surface area contributed by atoms with E-state index in [9.17, 15) is 13.2 Å². The van der Waals surface area contributed by atoms with Gasteiger partial charge in [0.2, 0.25) is 15.9 Å². The molecule has 1 aromatic heterocycles. The van der Waals surface area contributed by atoms with Gasteiger partial charge in [0.1, 0.15) is 17.2 Å². The highest BCUT2D eigenvalue weighted by molar-refractivity contribution is 7.98. The van der Waals surface area contributed by atoms with Gasteiger partial charge in [-0.25, -0.2) is 8.42 Å². The van der Waals surface area contributed by atoms with Gasteiger partial charge >= 0.3 is 0 Å². The van der Waals surface area contributed by atoms with Gasteiger partial charge in [0, 0.05) is 22.5 Å². The minimum atomic E-state index is -3.82. The van der Waals surface area contributed by atoms with Gasteiger partial charge in [0.25, 0.3) is 0 Å². The average molecular weight is 455 g/mol. The Morgan fingerprint density at radius 3 is 2.45 bits per heavy atom. The summed E-state index contributed by atoms with van der Waals surface area (Å²) in [6.07, 6.45) is 2.28. The summed E-state index contributed by atoms with van der Waals surface area (Å²) in [6, 6.07) is 20.3. The third-order valence-corrected chi connectivity index (χ3v) is 7.06. The van der Waals surface area contributed by atoms with Crippen molar-refractivity contribution in [1.29, 1.82) is 0 Å². The number of nitrogens with one attached hydrogen (secondary N) is 2. The van der Waals surface area contributed by atoms with Gasteiger partial charge in [0.15, 0.2) is 0 Å². The first kappa shape index (κ1) is 21.4. The number of anilines is 1. The van der Waals surface area contributed by atoms with Crippen molar-refractivity contribution < 1.29 is 17.6 Å². The van der Waals surface area contributed by atoms with Crippen LogP contribution in [-0.2, 0) is 14.8 Å². The molecule has 0 saturated carbocycles. The van der Waals surface area contributed by atoms with Crippen LogP contribution in [0, 0.1) is 0 Å². The second-order valence-electron chi connectivity index (χ2n) is 7.07. The lowest BCUT2D eigenvalue weighted by Gasteiger charge is -2.18. The molecule has 1 unspecified atom stereocenters. The van der Waals surface area contributed by atoms with E-state index in [0.29, 0.717) is 23.4 Å². The molecule has 31 heavy (non-hydrogen) atoms. The highest BCUT2D eigenvalue weighted by Gasteiger charge is 2.25. The maximum atomic E-state index is 13.0. The smallest absolute Gasteiger partial charge is 0.242 e. The highest BCUT2D eigenvalue weighted by Crippen LogP contribution is 2.30. The fourth-order valence-corrected chi connectivity index (χ4v) is 5.09. The molecule has 0 spiro atoms. The van der Waals surface area contributed by atoms with E-state index in [2.05, 4.69) is 10.0 Å². The fraction of sp³-hybridized carbons (Fsp3) is 0.174. The Kier molecular flexibility index (Phi) is 6.31. The number of thioether (sulfide) groups is 1. The molecule has 160 valence electrons. The molecule has 4 aromatic rings. The van der Waals surface area contributed by atoms with E-state index in [4.69, 9.17) is 4.42 Å². The molecule has 0 radical (unpaired) electrons. The largest absolute Gasteiger partial charge is 0.456 e. The Balaban J connectivity index is 1.56. The predicted molar refractivity (Wildman–Crippen MR) is 126 cm³/mol. The SMILES string of the molecule is CSCCC(NS(=O)(=O)c1ccccc1)C(=O)Nc1ccc2c(c1)oc1ccccc12. The zero-order valence-electron chi connectivity index (χ0n) is 16.9. The van der Waals surface area contributed by atoms with E-state index in [1.54, 1.807) is 42.1 Å². The van der Waals surface area contributed by atoms with Gasteiger partial charge in [-0.3, -0.25) is 4.79 Å². The van der Waals surface area contributed by atoms with Gasteiger partial charge in [-0.1, -0.05) is 36.4 Å². The number of benzene rings is 3. The van der Waals surface area contributed by atoms with E-state index < -0.39 is 22.0 Å². The van der Waals surface area contributed by atoms with Gasteiger partial charge < -0.3 is 9.73 Å². The number of hydrogen-bond acceptors (Lipinski definition) is 5. The molecule has 4 rings (SSSR count). The average Bonchev–Trinajstić information content (AvgIpc) is 3.15. The van der Waals surface area contributed by atoms with E-state index in [-0.39, 0.29) is 4.90 Å². The number of rotatable bonds is 8.